The number of hydrogen-bond donors (Lipinski definition) is 3. The van der Waals surface area contributed by atoms with Crippen LogP contribution in [0.5, 0.6) is 0 Å². The number of amides is 1. The first kappa shape index (κ1) is 15.1. The first-order valence-electron chi connectivity index (χ1n) is 7.05. The highest BCUT2D eigenvalue weighted by molar-refractivity contribution is 5.99. The standard InChI is InChI=1S/C17H20N2O2/c1-2-18-15-11-7-6-10-14(15)17(21)19-16(12-20)13-8-4-3-5-9-13/h3-11,16,18,20H,2,12H2,1H3,(H,19,21)/t16-/m1/s1. The second kappa shape index (κ2) is 7.45. The number of anilines is 1. The molecule has 4 nitrogen and oxygen atoms in total. The Morgan fingerprint density at radius 2 is 1.76 bits per heavy atom. The van der Waals surface area contributed by atoms with E-state index in [-0.39, 0.29) is 12.5 Å². The molecule has 4 heteroatoms. The summed E-state index contributed by atoms with van der Waals surface area (Å²) >= 11 is 0. The number of carbonyl (C=O) groups excluding carboxylic acids is 1. The van der Waals surface area contributed by atoms with Crippen LogP contribution in [0.15, 0.2) is 54.6 Å². The summed E-state index contributed by atoms with van der Waals surface area (Å²) in [5.74, 6) is -0.200. The lowest BCUT2D eigenvalue weighted by molar-refractivity contribution is 0.0917. The van der Waals surface area contributed by atoms with Crippen LogP contribution in [0.1, 0.15) is 28.9 Å². The minimum atomic E-state index is -0.409. The van der Waals surface area contributed by atoms with Gasteiger partial charge in [-0.3, -0.25) is 4.79 Å². The lowest BCUT2D eigenvalue weighted by Gasteiger charge is -2.18. The average molecular weight is 284 g/mol. The average Bonchev–Trinajstić information content (AvgIpc) is 2.54. The van der Waals surface area contributed by atoms with Gasteiger partial charge in [0.25, 0.3) is 5.91 Å². The van der Waals surface area contributed by atoms with Crippen molar-refractivity contribution in [2.75, 3.05) is 18.5 Å². The summed E-state index contributed by atoms with van der Waals surface area (Å²) < 4.78 is 0. The van der Waals surface area contributed by atoms with Crippen LogP contribution in [0.3, 0.4) is 0 Å². The van der Waals surface area contributed by atoms with Gasteiger partial charge in [0.2, 0.25) is 0 Å². The molecule has 0 aromatic heterocycles. The molecule has 0 aliphatic carbocycles. The normalized spacial score (nSPS) is 11.7. The summed E-state index contributed by atoms with van der Waals surface area (Å²) in [4.78, 5) is 12.4. The van der Waals surface area contributed by atoms with Crippen molar-refractivity contribution in [2.45, 2.75) is 13.0 Å². The van der Waals surface area contributed by atoms with Gasteiger partial charge in [-0.1, -0.05) is 42.5 Å². The molecule has 1 atom stereocenters. The molecule has 0 spiro atoms. The molecule has 2 rings (SSSR count). The van der Waals surface area contributed by atoms with Crippen molar-refractivity contribution in [1.29, 1.82) is 0 Å². The molecule has 0 heterocycles. The van der Waals surface area contributed by atoms with Crippen molar-refractivity contribution in [3.8, 4) is 0 Å². The van der Waals surface area contributed by atoms with Gasteiger partial charge in [-0.25, -0.2) is 0 Å². The van der Waals surface area contributed by atoms with Crippen molar-refractivity contribution in [3.63, 3.8) is 0 Å². The number of aliphatic hydroxyl groups is 1. The highest BCUT2D eigenvalue weighted by Gasteiger charge is 2.16. The number of para-hydroxylation sites is 1. The zero-order valence-electron chi connectivity index (χ0n) is 12.0. The number of benzene rings is 2. The summed E-state index contributed by atoms with van der Waals surface area (Å²) in [6, 6.07) is 16.4. The smallest absolute Gasteiger partial charge is 0.253 e. The Kier molecular flexibility index (Phi) is 5.35. The van der Waals surface area contributed by atoms with Crippen LogP contribution in [0.4, 0.5) is 5.69 Å². The van der Waals surface area contributed by atoms with E-state index in [1.807, 2.05) is 55.5 Å². The fourth-order valence-electron chi connectivity index (χ4n) is 2.18. The molecule has 2 aromatic rings. The van der Waals surface area contributed by atoms with Gasteiger partial charge in [0, 0.05) is 12.2 Å². The number of rotatable bonds is 6. The van der Waals surface area contributed by atoms with E-state index in [1.54, 1.807) is 6.07 Å². The number of hydrogen-bond acceptors (Lipinski definition) is 3. The summed E-state index contributed by atoms with van der Waals surface area (Å²) in [6.07, 6.45) is 0. The topological polar surface area (TPSA) is 61.4 Å². The van der Waals surface area contributed by atoms with Gasteiger partial charge in [-0.05, 0) is 24.6 Å². The van der Waals surface area contributed by atoms with Gasteiger partial charge in [-0.15, -0.1) is 0 Å². The zero-order valence-corrected chi connectivity index (χ0v) is 12.0. The van der Waals surface area contributed by atoms with Crippen LogP contribution >= 0.6 is 0 Å². The molecular weight excluding hydrogens is 264 g/mol. The molecule has 1 amide bonds. The fraction of sp³-hybridized carbons (Fsp3) is 0.235. The molecule has 21 heavy (non-hydrogen) atoms. The largest absolute Gasteiger partial charge is 0.394 e. The molecule has 110 valence electrons. The highest BCUT2D eigenvalue weighted by Crippen LogP contribution is 2.17. The van der Waals surface area contributed by atoms with Gasteiger partial charge >= 0.3 is 0 Å². The van der Waals surface area contributed by atoms with E-state index in [1.165, 1.54) is 0 Å². The zero-order chi connectivity index (χ0) is 15.1. The predicted octanol–water partition coefficient (Wildman–Crippen LogP) is 2.58. The highest BCUT2D eigenvalue weighted by atomic mass is 16.3. The number of carbonyl (C=O) groups is 1. The molecule has 0 bridgehead atoms. The molecule has 0 radical (unpaired) electrons. The first-order chi connectivity index (χ1) is 10.3. The molecule has 0 saturated carbocycles. The van der Waals surface area contributed by atoms with Crippen LogP contribution in [0.25, 0.3) is 0 Å². The summed E-state index contributed by atoms with van der Waals surface area (Å²) in [6.45, 7) is 2.58. The predicted molar refractivity (Wildman–Crippen MR) is 84.3 cm³/mol. The Balaban J connectivity index is 2.17. The quantitative estimate of drug-likeness (QED) is 0.764. The van der Waals surface area contributed by atoms with Gasteiger partial charge in [0.05, 0.1) is 18.2 Å². The third-order valence-corrected chi connectivity index (χ3v) is 3.23. The Morgan fingerprint density at radius 3 is 2.43 bits per heavy atom. The lowest BCUT2D eigenvalue weighted by atomic mass is 10.1. The second-order valence-corrected chi connectivity index (χ2v) is 4.70. The second-order valence-electron chi connectivity index (χ2n) is 4.70. The van der Waals surface area contributed by atoms with Crippen LogP contribution < -0.4 is 10.6 Å². The molecule has 0 fully saturated rings. The molecule has 3 N–H and O–H groups in total. The Hall–Kier alpha value is -2.33. The van der Waals surface area contributed by atoms with Crippen LogP contribution in [-0.2, 0) is 0 Å². The SMILES string of the molecule is CCNc1ccccc1C(=O)N[C@H](CO)c1ccccc1. The Labute approximate surface area is 124 Å². The van der Waals surface area contributed by atoms with Crippen molar-refractivity contribution in [3.05, 3.63) is 65.7 Å². The first-order valence-corrected chi connectivity index (χ1v) is 7.05. The minimum absolute atomic E-state index is 0.140. The Bertz CT molecular complexity index is 584. The maximum atomic E-state index is 12.4. The molecular formula is C17H20N2O2. The summed E-state index contributed by atoms with van der Waals surface area (Å²) in [7, 11) is 0. The van der Waals surface area contributed by atoms with E-state index in [9.17, 15) is 9.90 Å². The Morgan fingerprint density at radius 1 is 1.10 bits per heavy atom. The monoisotopic (exact) mass is 284 g/mol. The molecule has 0 aliphatic heterocycles. The third kappa shape index (κ3) is 3.83. The summed E-state index contributed by atoms with van der Waals surface area (Å²) in [5, 5.41) is 15.6. The maximum absolute atomic E-state index is 12.4. The van der Waals surface area contributed by atoms with Gasteiger partial charge in [0.1, 0.15) is 0 Å². The molecule has 0 unspecified atom stereocenters. The summed E-state index contributed by atoms with van der Waals surface area (Å²) in [5.41, 5.74) is 2.25. The van der Waals surface area contributed by atoms with Crippen molar-refractivity contribution in [1.82, 2.24) is 5.32 Å². The third-order valence-electron chi connectivity index (χ3n) is 3.23. The van der Waals surface area contributed by atoms with E-state index in [2.05, 4.69) is 10.6 Å². The van der Waals surface area contributed by atoms with Crippen LogP contribution in [0.2, 0.25) is 0 Å². The minimum Gasteiger partial charge on any atom is -0.394 e. The molecule has 0 aliphatic rings. The van der Waals surface area contributed by atoms with Gasteiger partial charge in [0.15, 0.2) is 0 Å². The lowest BCUT2D eigenvalue weighted by Crippen LogP contribution is -2.31. The van der Waals surface area contributed by atoms with E-state index in [4.69, 9.17) is 0 Å². The number of nitrogens with one attached hydrogen (secondary N) is 2. The van der Waals surface area contributed by atoms with Crippen LogP contribution in [-0.4, -0.2) is 24.2 Å². The van der Waals surface area contributed by atoms with E-state index in [0.29, 0.717) is 5.56 Å². The maximum Gasteiger partial charge on any atom is 0.253 e. The number of aliphatic hydroxyl groups excluding tert-OH is 1. The van der Waals surface area contributed by atoms with Crippen LogP contribution in [0, 0.1) is 0 Å². The van der Waals surface area contributed by atoms with Crippen molar-refractivity contribution in [2.24, 2.45) is 0 Å². The van der Waals surface area contributed by atoms with Gasteiger partial charge < -0.3 is 15.7 Å². The van der Waals surface area contributed by atoms with E-state index >= 15 is 0 Å². The van der Waals surface area contributed by atoms with Crippen molar-refractivity contribution < 1.29 is 9.90 Å². The fourth-order valence-corrected chi connectivity index (χ4v) is 2.18. The van der Waals surface area contributed by atoms with Gasteiger partial charge in [-0.2, -0.15) is 0 Å². The van der Waals surface area contributed by atoms with Crippen molar-refractivity contribution >= 4 is 11.6 Å². The van der Waals surface area contributed by atoms with E-state index in [0.717, 1.165) is 17.8 Å². The molecule has 2 aromatic carbocycles. The van der Waals surface area contributed by atoms with E-state index < -0.39 is 6.04 Å². The molecule has 0 saturated heterocycles.